The van der Waals surface area contributed by atoms with Crippen LogP contribution in [0.3, 0.4) is 0 Å². The second kappa shape index (κ2) is 6.11. The zero-order valence-electron chi connectivity index (χ0n) is 11.5. The van der Waals surface area contributed by atoms with Crippen LogP contribution in [0.1, 0.15) is 12.5 Å². The van der Waals surface area contributed by atoms with Gasteiger partial charge in [-0.3, -0.25) is 0 Å². The van der Waals surface area contributed by atoms with Crippen LogP contribution in [0, 0.1) is 0 Å². The minimum absolute atomic E-state index is 0.233. The Hall–Kier alpha value is -1.79. The van der Waals surface area contributed by atoms with Gasteiger partial charge in [0.2, 0.25) is 10.0 Å². The molecule has 6 heteroatoms. The van der Waals surface area contributed by atoms with Crippen LogP contribution in [-0.4, -0.2) is 19.6 Å². The molecule has 1 heterocycles. The molecule has 1 aromatic carbocycles. The van der Waals surface area contributed by atoms with Crippen LogP contribution in [-0.2, 0) is 23.6 Å². The van der Waals surface area contributed by atoms with Crippen molar-refractivity contribution in [3.8, 4) is 5.75 Å². The van der Waals surface area contributed by atoms with Crippen LogP contribution in [0.4, 0.5) is 0 Å². The first-order valence-corrected chi connectivity index (χ1v) is 7.83. The zero-order valence-corrected chi connectivity index (χ0v) is 12.4. The average Bonchev–Trinajstić information content (AvgIpc) is 2.84. The smallest absolute Gasteiger partial charge is 0.240 e. The lowest BCUT2D eigenvalue weighted by atomic mass is 10.3. The van der Waals surface area contributed by atoms with Crippen LogP contribution in [0.25, 0.3) is 0 Å². The Kier molecular flexibility index (Phi) is 4.46. The molecule has 1 N–H and O–H groups in total. The summed E-state index contributed by atoms with van der Waals surface area (Å²) in [5.41, 5.74) is 0.919. The molecule has 0 saturated carbocycles. The molecule has 108 valence electrons. The lowest BCUT2D eigenvalue weighted by Crippen LogP contribution is -2.23. The van der Waals surface area contributed by atoms with Crippen molar-refractivity contribution in [2.45, 2.75) is 18.4 Å². The summed E-state index contributed by atoms with van der Waals surface area (Å²) in [6, 6.07) is 8.26. The van der Waals surface area contributed by atoms with E-state index in [1.54, 1.807) is 24.3 Å². The second-order valence-corrected chi connectivity index (χ2v) is 6.18. The summed E-state index contributed by atoms with van der Waals surface area (Å²) in [4.78, 5) is 0.233. The van der Waals surface area contributed by atoms with Crippen LogP contribution in [0.15, 0.2) is 47.6 Å². The summed E-state index contributed by atoms with van der Waals surface area (Å²) >= 11 is 0. The maximum atomic E-state index is 12.1. The van der Waals surface area contributed by atoms with Gasteiger partial charge in [0.05, 0.1) is 11.5 Å². The molecular formula is C14H18N2O3S. The number of sulfonamides is 1. The van der Waals surface area contributed by atoms with E-state index in [0.717, 1.165) is 5.56 Å². The van der Waals surface area contributed by atoms with E-state index in [1.807, 2.05) is 37.0 Å². The highest BCUT2D eigenvalue weighted by Crippen LogP contribution is 2.16. The molecule has 0 unspecified atom stereocenters. The van der Waals surface area contributed by atoms with Crippen molar-refractivity contribution >= 4 is 10.0 Å². The molecule has 1 aromatic heterocycles. The highest BCUT2D eigenvalue weighted by Gasteiger charge is 2.13. The van der Waals surface area contributed by atoms with E-state index in [-0.39, 0.29) is 11.4 Å². The van der Waals surface area contributed by atoms with Gasteiger partial charge in [0.25, 0.3) is 0 Å². The summed E-state index contributed by atoms with van der Waals surface area (Å²) in [6.07, 6.45) is 3.75. The average molecular weight is 294 g/mol. The molecule has 2 rings (SSSR count). The fourth-order valence-corrected chi connectivity index (χ4v) is 2.83. The van der Waals surface area contributed by atoms with Gasteiger partial charge < -0.3 is 9.30 Å². The number of aromatic nitrogens is 1. The van der Waals surface area contributed by atoms with E-state index in [1.165, 1.54) is 0 Å². The minimum Gasteiger partial charge on any atom is -0.494 e. The number of hydrogen-bond donors (Lipinski definition) is 1. The SMILES string of the molecule is CCOc1ccc(S(=O)(=O)NCc2ccn(C)c2)cc1. The predicted octanol–water partition coefficient (Wildman–Crippen LogP) is 1.90. The molecule has 20 heavy (non-hydrogen) atoms. The molecule has 0 saturated heterocycles. The quantitative estimate of drug-likeness (QED) is 0.885. The van der Waals surface area contributed by atoms with Crippen molar-refractivity contribution in [1.29, 1.82) is 0 Å². The highest BCUT2D eigenvalue weighted by molar-refractivity contribution is 7.89. The fourth-order valence-electron chi connectivity index (χ4n) is 1.81. The first kappa shape index (κ1) is 14.6. The van der Waals surface area contributed by atoms with E-state index in [2.05, 4.69) is 4.72 Å². The number of benzene rings is 1. The molecule has 0 atom stereocenters. The van der Waals surface area contributed by atoms with Gasteiger partial charge in [0.15, 0.2) is 0 Å². The molecule has 5 nitrogen and oxygen atoms in total. The Bertz CT molecular complexity index is 660. The first-order valence-electron chi connectivity index (χ1n) is 6.34. The zero-order chi connectivity index (χ0) is 14.6. The van der Waals surface area contributed by atoms with Gasteiger partial charge in [0.1, 0.15) is 5.75 Å². The van der Waals surface area contributed by atoms with E-state index >= 15 is 0 Å². The first-order chi connectivity index (χ1) is 9.51. The van der Waals surface area contributed by atoms with E-state index < -0.39 is 10.0 Å². The minimum atomic E-state index is -3.50. The predicted molar refractivity (Wildman–Crippen MR) is 77.0 cm³/mol. The van der Waals surface area contributed by atoms with Gasteiger partial charge in [0, 0.05) is 26.0 Å². The van der Waals surface area contributed by atoms with Crippen LogP contribution < -0.4 is 9.46 Å². The van der Waals surface area contributed by atoms with E-state index in [0.29, 0.717) is 12.4 Å². The highest BCUT2D eigenvalue weighted by atomic mass is 32.2. The molecule has 0 radical (unpaired) electrons. The Morgan fingerprint density at radius 1 is 1.20 bits per heavy atom. The molecule has 0 aliphatic carbocycles. The summed E-state index contributed by atoms with van der Waals surface area (Å²) < 4.78 is 34.0. The molecule has 0 fully saturated rings. The number of hydrogen-bond acceptors (Lipinski definition) is 3. The van der Waals surface area contributed by atoms with Crippen molar-refractivity contribution in [3.63, 3.8) is 0 Å². The van der Waals surface area contributed by atoms with Crippen LogP contribution in [0.5, 0.6) is 5.75 Å². The van der Waals surface area contributed by atoms with Crippen LogP contribution >= 0.6 is 0 Å². The van der Waals surface area contributed by atoms with E-state index in [4.69, 9.17) is 4.74 Å². The molecule has 0 amide bonds. The number of ether oxygens (including phenoxy) is 1. The molecule has 0 aliphatic heterocycles. The summed E-state index contributed by atoms with van der Waals surface area (Å²) in [5.74, 6) is 0.662. The van der Waals surface area contributed by atoms with E-state index in [9.17, 15) is 8.42 Å². The number of rotatable bonds is 6. The standard InChI is InChI=1S/C14H18N2O3S/c1-3-19-13-4-6-14(7-5-13)20(17,18)15-10-12-8-9-16(2)11-12/h4-9,11,15H,3,10H2,1-2H3. The maximum absolute atomic E-state index is 12.1. The van der Waals surface area contributed by atoms with Crippen molar-refractivity contribution < 1.29 is 13.2 Å². The molecule has 2 aromatic rings. The Morgan fingerprint density at radius 2 is 1.90 bits per heavy atom. The van der Waals surface area contributed by atoms with Gasteiger partial charge in [-0.15, -0.1) is 0 Å². The number of aryl methyl sites for hydroxylation is 1. The monoisotopic (exact) mass is 294 g/mol. The van der Waals surface area contributed by atoms with Gasteiger partial charge in [-0.1, -0.05) is 0 Å². The van der Waals surface area contributed by atoms with Crippen molar-refractivity contribution in [2.24, 2.45) is 7.05 Å². The Morgan fingerprint density at radius 3 is 2.45 bits per heavy atom. The van der Waals surface area contributed by atoms with Crippen molar-refractivity contribution in [2.75, 3.05) is 6.61 Å². The number of nitrogens with zero attached hydrogens (tertiary/aromatic N) is 1. The van der Waals surface area contributed by atoms with Gasteiger partial charge >= 0.3 is 0 Å². The largest absolute Gasteiger partial charge is 0.494 e. The van der Waals surface area contributed by atoms with Crippen LogP contribution in [0.2, 0.25) is 0 Å². The number of nitrogens with one attached hydrogen (secondary N) is 1. The summed E-state index contributed by atoms with van der Waals surface area (Å²) in [5, 5.41) is 0. The lowest BCUT2D eigenvalue weighted by Gasteiger charge is -2.07. The third kappa shape index (κ3) is 3.61. The Balaban J connectivity index is 2.05. The van der Waals surface area contributed by atoms with Gasteiger partial charge in [-0.05, 0) is 42.8 Å². The summed E-state index contributed by atoms with van der Waals surface area (Å²) in [6.45, 7) is 2.71. The van der Waals surface area contributed by atoms with Crippen molar-refractivity contribution in [3.05, 3.63) is 48.3 Å². The maximum Gasteiger partial charge on any atom is 0.240 e. The fraction of sp³-hybridized carbons (Fsp3) is 0.286. The molecular weight excluding hydrogens is 276 g/mol. The van der Waals surface area contributed by atoms with Gasteiger partial charge in [-0.25, -0.2) is 13.1 Å². The lowest BCUT2D eigenvalue weighted by molar-refractivity contribution is 0.340. The van der Waals surface area contributed by atoms with Gasteiger partial charge in [-0.2, -0.15) is 0 Å². The molecule has 0 aliphatic rings. The Labute approximate surface area is 119 Å². The normalized spacial score (nSPS) is 11.5. The molecule has 0 spiro atoms. The summed E-state index contributed by atoms with van der Waals surface area (Å²) in [7, 11) is -1.60. The third-order valence-corrected chi connectivity index (χ3v) is 4.22. The second-order valence-electron chi connectivity index (χ2n) is 4.41. The van der Waals surface area contributed by atoms with Crippen molar-refractivity contribution in [1.82, 2.24) is 9.29 Å². The topological polar surface area (TPSA) is 60.3 Å². The third-order valence-electron chi connectivity index (χ3n) is 2.80. The molecule has 0 bridgehead atoms.